The highest BCUT2D eigenvalue weighted by molar-refractivity contribution is 7.59. The summed E-state index contributed by atoms with van der Waals surface area (Å²) in [5, 5.41) is 40.3. The third-order valence-corrected chi connectivity index (χ3v) is 13.6. The van der Waals surface area contributed by atoms with Gasteiger partial charge in [-0.3, -0.25) is 19.2 Å². The van der Waals surface area contributed by atoms with Gasteiger partial charge in [-0.15, -0.1) is 0 Å². The smallest absolute Gasteiger partial charge is 0.251 e. The molecule has 2 aliphatic rings. The molecule has 0 bridgehead atoms. The zero-order chi connectivity index (χ0) is 48.7. The van der Waals surface area contributed by atoms with Gasteiger partial charge in [0, 0.05) is 78.2 Å². The second kappa shape index (κ2) is 22.8. The van der Waals surface area contributed by atoms with Crippen LogP contribution in [-0.2, 0) is 19.1 Å². The Bertz CT molecular complexity index is 2380. The summed E-state index contributed by atoms with van der Waals surface area (Å²) in [6, 6.07) is 20.7. The Morgan fingerprint density at radius 1 is 1.00 bits per heavy atom. The molecule has 1 aromatic heterocycles. The van der Waals surface area contributed by atoms with Crippen molar-refractivity contribution in [1.29, 1.82) is 5.26 Å². The maximum atomic E-state index is 14.1. The molecule has 4 aromatic rings. The van der Waals surface area contributed by atoms with Crippen LogP contribution in [0, 0.1) is 33.5 Å². The van der Waals surface area contributed by atoms with Gasteiger partial charge in [0.05, 0.1) is 28.9 Å². The van der Waals surface area contributed by atoms with Crippen molar-refractivity contribution in [2.45, 2.75) is 118 Å². The van der Waals surface area contributed by atoms with E-state index in [-0.39, 0.29) is 92.0 Å². The lowest BCUT2D eigenvalue weighted by Crippen LogP contribution is -2.74. The summed E-state index contributed by atoms with van der Waals surface area (Å²) in [6.07, 6.45) is 3.14. The number of nitrogens with zero attached hydrogens (tertiary/aromatic N) is 4. The quantitative estimate of drug-likeness (QED) is 0.0540. The lowest BCUT2D eigenvalue weighted by molar-refractivity contribution is -0.164. The van der Waals surface area contributed by atoms with Crippen molar-refractivity contribution in [2.24, 2.45) is 22.2 Å². The van der Waals surface area contributed by atoms with Gasteiger partial charge in [0.15, 0.2) is 5.78 Å². The van der Waals surface area contributed by atoms with Crippen LogP contribution in [0.3, 0.4) is 0 Å². The molecule has 2 heterocycles. The van der Waals surface area contributed by atoms with Crippen molar-refractivity contribution in [2.75, 3.05) is 31.6 Å². The van der Waals surface area contributed by atoms with E-state index >= 15 is 0 Å². The minimum absolute atomic E-state index is 0. The predicted octanol–water partition coefficient (Wildman–Crippen LogP) is 7.78. The average Bonchev–Trinajstić information content (AvgIpc) is 3.98. The van der Waals surface area contributed by atoms with E-state index in [1.165, 1.54) is 4.90 Å². The normalized spacial score (nSPS) is 20.2. The summed E-state index contributed by atoms with van der Waals surface area (Å²) >= 11 is 6.24. The summed E-state index contributed by atoms with van der Waals surface area (Å²) in [4.78, 5) is 55.7. The van der Waals surface area contributed by atoms with Crippen LogP contribution < -0.4 is 20.7 Å². The molecular formula is C51H67ClN8O7S. The van der Waals surface area contributed by atoms with Crippen LogP contribution >= 0.6 is 25.1 Å². The van der Waals surface area contributed by atoms with Gasteiger partial charge in [-0.1, -0.05) is 84.3 Å². The summed E-state index contributed by atoms with van der Waals surface area (Å²) in [6.45, 7) is 16.9. The molecule has 1 aliphatic heterocycles. The lowest BCUT2D eigenvalue weighted by Gasteiger charge is -2.63. The van der Waals surface area contributed by atoms with Crippen molar-refractivity contribution in [3.05, 3.63) is 94.6 Å². The van der Waals surface area contributed by atoms with Crippen LogP contribution in [-0.4, -0.2) is 99.5 Å². The lowest BCUT2D eigenvalue weighted by atomic mass is 9.49. The zero-order valence-electron chi connectivity index (χ0n) is 40.3. The number of aromatic amines is 1. The number of H-pyrrole nitrogens is 1. The molecule has 3 aromatic carbocycles. The molecule has 0 spiro atoms. The zero-order valence-corrected chi connectivity index (χ0v) is 42.1. The van der Waals surface area contributed by atoms with E-state index in [9.17, 15) is 29.5 Å². The maximum Gasteiger partial charge on any atom is 0.251 e. The molecule has 0 unspecified atom stereocenters. The molecule has 3 amide bonds. The number of hydrogen-bond donors (Lipinski definition) is 5. The number of unbranched alkanes of at least 4 members (excludes halogenated alkanes) is 2. The van der Waals surface area contributed by atoms with E-state index in [1.54, 1.807) is 36.5 Å². The minimum atomic E-state index is -0.867. The van der Waals surface area contributed by atoms with Crippen LogP contribution in [0.15, 0.2) is 72.9 Å². The molecule has 1 saturated heterocycles. The first kappa shape index (κ1) is 53.5. The van der Waals surface area contributed by atoms with Crippen molar-refractivity contribution in [1.82, 2.24) is 30.9 Å². The largest absolute Gasteiger partial charge is 0.489 e. The number of rotatable bonds is 20. The van der Waals surface area contributed by atoms with Crippen LogP contribution in [0.25, 0.3) is 11.3 Å². The molecule has 6 rings (SSSR count). The number of nitrogens with one attached hydrogen (secondary N) is 4. The molecule has 366 valence electrons. The third kappa shape index (κ3) is 12.8. The van der Waals surface area contributed by atoms with Gasteiger partial charge >= 0.3 is 0 Å². The molecule has 2 fully saturated rings. The number of benzene rings is 3. The molecular weight excluding hydrogens is 904 g/mol. The standard InChI is InChI=1S/C51H65ClN8O7.H2S/c1-31(32-12-14-33(15-13-32)42-28-55-59-58-42)56-45(64)43-25-37(61)29-60(43)46(65)40(49(2,3)4)24-38(62)30-66-23-11-9-10-22-54-36-19-16-34(17-20-36)44(63)57-47-50(5,6)48(51(47,7)8)67-39-21-18-35(27-53)41(52)26-39;/h12-21,26,28,31,37,40,43,47-48,54,61H,9-11,22-25,29-30H2,1-8H3,(H,56,64)(H,57,63)(H,55,58,59);1H2/t31-,37+,40+,43-,47?,48?;/m0./s1. The summed E-state index contributed by atoms with van der Waals surface area (Å²) in [5.74, 6) is -1.18. The van der Waals surface area contributed by atoms with Crippen molar-refractivity contribution >= 4 is 54.3 Å². The molecule has 4 atom stereocenters. The fourth-order valence-electron chi connectivity index (χ4n) is 9.71. The van der Waals surface area contributed by atoms with Crippen molar-refractivity contribution in [3.8, 4) is 23.1 Å². The number of nitriles is 1. The van der Waals surface area contributed by atoms with Gasteiger partial charge in [-0.25, -0.2) is 0 Å². The number of halogens is 1. The van der Waals surface area contributed by atoms with Gasteiger partial charge in [-0.05, 0) is 73.6 Å². The Kier molecular flexibility index (Phi) is 17.9. The molecule has 1 saturated carbocycles. The Balaban J connectivity index is 0.00000864. The topological polar surface area (TPSA) is 212 Å². The molecule has 5 N–H and O–H groups in total. The van der Waals surface area contributed by atoms with E-state index < -0.39 is 23.5 Å². The Morgan fingerprint density at radius 2 is 1.69 bits per heavy atom. The van der Waals surface area contributed by atoms with Gasteiger partial charge in [0.1, 0.15) is 36.3 Å². The van der Waals surface area contributed by atoms with Gasteiger partial charge in [-0.2, -0.15) is 34.2 Å². The number of anilines is 1. The summed E-state index contributed by atoms with van der Waals surface area (Å²) in [7, 11) is 0. The number of aliphatic hydroxyl groups is 1. The number of hydrogen-bond acceptors (Lipinski definition) is 11. The number of carbonyl (C=O) groups is 4. The first-order valence-corrected chi connectivity index (χ1v) is 23.4. The Morgan fingerprint density at radius 3 is 2.31 bits per heavy atom. The summed E-state index contributed by atoms with van der Waals surface area (Å²) < 4.78 is 12.1. The Labute approximate surface area is 411 Å². The highest BCUT2D eigenvalue weighted by atomic mass is 35.5. The number of amides is 3. The van der Waals surface area contributed by atoms with Gasteiger partial charge in [0.2, 0.25) is 11.8 Å². The average molecular weight is 972 g/mol. The maximum absolute atomic E-state index is 14.1. The second-order valence-electron chi connectivity index (χ2n) is 20.2. The fourth-order valence-corrected chi connectivity index (χ4v) is 9.92. The van der Waals surface area contributed by atoms with Gasteiger partial charge in [0.25, 0.3) is 5.91 Å². The molecule has 1 aliphatic carbocycles. The van der Waals surface area contributed by atoms with E-state index in [1.807, 2.05) is 64.1 Å². The number of ketones is 1. The van der Waals surface area contributed by atoms with Crippen LogP contribution in [0.1, 0.15) is 115 Å². The van der Waals surface area contributed by atoms with Crippen molar-refractivity contribution < 1.29 is 33.8 Å². The van der Waals surface area contributed by atoms with E-state index in [2.05, 4.69) is 65.1 Å². The number of Topliss-reactive ketones (excluding diaryl/α,β-unsaturated/α-hetero) is 1. The van der Waals surface area contributed by atoms with E-state index in [0.29, 0.717) is 34.2 Å². The number of aliphatic hydroxyl groups excluding tert-OH is 1. The second-order valence-corrected chi connectivity index (χ2v) is 20.6. The third-order valence-electron chi connectivity index (χ3n) is 13.3. The fraction of sp³-hybridized carbons (Fsp3) is 0.510. The number of β-amino-alcohol motifs (C(OH)–C–C–N with tert-alkyl or cyclic N) is 1. The van der Waals surface area contributed by atoms with E-state index in [4.69, 9.17) is 21.1 Å². The molecule has 0 radical (unpaired) electrons. The monoisotopic (exact) mass is 970 g/mol. The van der Waals surface area contributed by atoms with E-state index in [0.717, 1.165) is 42.6 Å². The number of carbonyl (C=O) groups excluding carboxylic acids is 4. The predicted molar refractivity (Wildman–Crippen MR) is 266 cm³/mol. The van der Waals surface area contributed by atoms with Gasteiger partial charge < -0.3 is 35.4 Å². The Hall–Kier alpha value is -5.47. The summed E-state index contributed by atoms with van der Waals surface area (Å²) in [5.41, 5.74) is 2.96. The first-order valence-electron chi connectivity index (χ1n) is 23.1. The SMILES string of the molecule is C[C@H](NC(=O)[C@@H]1C[C@@H](O)CN1C(=O)[C@@H](CC(=O)COCCCCCNc1ccc(C(=O)NC2C(C)(C)C(Oc3ccc(C#N)c(Cl)c3)C2(C)C)cc1)C(C)(C)C)c1ccc(-c2cn[nH]n2)cc1.S. The minimum Gasteiger partial charge on any atom is -0.489 e. The molecule has 68 heavy (non-hydrogen) atoms. The van der Waals surface area contributed by atoms with Crippen molar-refractivity contribution in [3.63, 3.8) is 0 Å². The number of likely N-dealkylation sites (tertiary alicyclic amines) is 1. The highest BCUT2D eigenvalue weighted by Crippen LogP contribution is 2.55. The highest BCUT2D eigenvalue weighted by Gasteiger charge is 2.64. The van der Waals surface area contributed by atoms with Crippen LogP contribution in [0.5, 0.6) is 5.75 Å². The first-order chi connectivity index (χ1) is 31.7. The number of ether oxygens (including phenoxy) is 2. The van der Waals surface area contributed by atoms with Crippen LogP contribution in [0.2, 0.25) is 5.02 Å². The van der Waals surface area contributed by atoms with Crippen LogP contribution in [0.4, 0.5) is 5.69 Å². The molecule has 17 heteroatoms. The number of aromatic nitrogens is 3. The molecule has 15 nitrogen and oxygen atoms in total.